The van der Waals surface area contributed by atoms with Crippen molar-refractivity contribution in [2.45, 2.75) is 44.9 Å². The zero-order chi connectivity index (χ0) is 15.9. The van der Waals surface area contributed by atoms with Gasteiger partial charge in [-0.2, -0.15) is 0 Å². The van der Waals surface area contributed by atoms with E-state index in [-0.39, 0.29) is 6.03 Å². The Labute approximate surface area is 139 Å². The first-order chi connectivity index (χ1) is 11.3. The molecule has 1 fully saturated rings. The monoisotopic (exact) mass is 316 g/mol. The van der Waals surface area contributed by atoms with Crippen LogP contribution in [0.1, 0.15) is 44.1 Å². The molecule has 2 aliphatic rings. The topological polar surface area (TPSA) is 50.4 Å². The smallest absolute Gasteiger partial charge is 0.314 e. The predicted octanol–water partition coefficient (Wildman–Crippen LogP) is 3.51. The van der Waals surface area contributed by atoms with E-state index in [9.17, 15) is 4.79 Å². The first-order valence-electron chi connectivity index (χ1n) is 9.03. The summed E-state index contributed by atoms with van der Waals surface area (Å²) in [6.07, 6.45) is 8.88. The molecular weight excluding hydrogens is 288 g/mol. The summed E-state index contributed by atoms with van der Waals surface area (Å²) in [4.78, 5) is 11.9. The highest BCUT2D eigenvalue weighted by Gasteiger charge is 2.20. The number of ether oxygens (including phenoxy) is 1. The van der Waals surface area contributed by atoms with Crippen molar-refractivity contribution in [1.29, 1.82) is 0 Å². The van der Waals surface area contributed by atoms with E-state index >= 15 is 0 Å². The lowest BCUT2D eigenvalue weighted by Gasteiger charge is -2.25. The van der Waals surface area contributed by atoms with Crippen LogP contribution in [0, 0.1) is 11.8 Å². The second-order valence-electron chi connectivity index (χ2n) is 6.92. The van der Waals surface area contributed by atoms with Gasteiger partial charge in [0.1, 0.15) is 5.75 Å². The number of fused-ring (bicyclic) bond motifs is 1. The molecule has 1 saturated carbocycles. The van der Waals surface area contributed by atoms with Gasteiger partial charge < -0.3 is 15.4 Å². The normalized spacial score (nSPS) is 20.6. The lowest BCUT2D eigenvalue weighted by Crippen LogP contribution is -2.41. The molecule has 1 aliphatic carbocycles. The second-order valence-corrected chi connectivity index (χ2v) is 6.92. The maximum Gasteiger partial charge on any atom is 0.314 e. The molecule has 0 radical (unpaired) electrons. The van der Waals surface area contributed by atoms with E-state index in [0.29, 0.717) is 19.1 Å². The highest BCUT2D eigenvalue weighted by atomic mass is 16.5. The predicted molar refractivity (Wildman–Crippen MR) is 91.7 cm³/mol. The minimum absolute atomic E-state index is 0.0460. The summed E-state index contributed by atoms with van der Waals surface area (Å²) in [5.41, 5.74) is 1.24. The van der Waals surface area contributed by atoms with Crippen molar-refractivity contribution < 1.29 is 9.53 Å². The Morgan fingerprint density at radius 1 is 1.13 bits per heavy atom. The molecule has 1 heterocycles. The first-order valence-corrected chi connectivity index (χ1v) is 9.03. The van der Waals surface area contributed by atoms with Gasteiger partial charge in [0.25, 0.3) is 0 Å². The highest BCUT2D eigenvalue weighted by molar-refractivity contribution is 5.73. The van der Waals surface area contributed by atoms with E-state index in [0.717, 1.165) is 31.1 Å². The van der Waals surface area contributed by atoms with Crippen molar-refractivity contribution in [2.75, 3.05) is 19.7 Å². The zero-order valence-corrected chi connectivity index (χ0v) is 13.9. The largest absolute Gasteiger partial charge is 0.493 e. The van der Waals surface area contributed by atoms with Crippen LogP contribution in [-0.2, 0) is 6.42 Å². The first kappa shape index (κ1) is 16.2. The fraction of sp³-hybridized carbons (Fsp3) is 0.632. The average Bonchev–Trinajstić information content (AvgIpc) is 3.10. The molecule has 1 atom stereocenters. The maximum atomic E-state index is 11.9. The Morgan fingerprint density at radius 3 is 2.83 bits per heavy atom. The standard InChI is InChI=1S/C19H28N2O2/c22-19(20-11-5-8-15-6-1-2-7-15)21-13-16-12-17-9-3-4-10-18(17)23-14-16/h3-4,9-10,15-16H,1-2,5-8,11-14H2,(H2,20,21,22). The minimum atomic E-state index is -0.0460. The Morgan fingerprint density at radius 2 is 1.96 bits per heavy atom. The third kappa shape index (κ3) is 4.88. The molecule has 126 valence electrons. The van der Waals surface area contributed by atoms with Gasteiger partial charge in [0.2, 0.25) is 0 Å². The van der Waals surface area contributed by atoms with Crippen LogP contribution in [0.4, 0.5) is 4.79 Å². The minimum Gasteiger partial charge on any atom is -0.493 e. The van der Waals surface area contributed by atoms with Crippen LogP contribution in [-0.4, -0.2) is 25.7 Å². The number of hydrogen-bond donors (Lipinski definition) is 2. The summed E-state index contributed by atoms with van der Waals surface area (Å²) in [6.45, 7) is 2.13. The van der Waals surface area contributed by atoms with E-state index in [1.165, 1.54) is 37.7 Å². The fourth-order valence-corrected chi connectivity index (χ4v) is 3.71. The molecule has 2 N–H and O–H groups in total. The van der Waals surface area contributed by atoms with Crippen molar-refractivity contribution >= 4 is 6.03 Å². The molecule has 0 aromatic heterocycles. The lowest BCUT2D eigenvalue weighted by molar-refractivity contribution is 0.211. The van der Waals surface area contributed by atoms with Crippen LogP contribution < -0.4 is 15.4 Å². The van der Waals surface area contributed by atoms with E-state index < -0.39 is 0 Å². The van der Waals surface area contributed by atoms with Gasteiger partial charge in [-0.25, -0.2) is 4.79 Å². The van der Waals surface area contributed by atoms with Crippen LogP contribution in [0.15, 0.2) is 24.3 Å². The third-order valence-electron chi connectivity index (χ3n) is 5.06. The number of nitrogens with one attached hydrogen (secondary N) is 2. The highest BCUT2D eigenvalue weighted by Crippen LogP contribution is 2.28. The van der Waals surface area contributed by atoms with Gasteiger partial charge in [0, 0.05) is 19.0 Å². The summed E-state index contributed by atoms with van der Waals surface area (Å²) >= 11 is 0. The maximum absolute atomic E-state index is 11.9. The molecule has 0 saturated heterocycles. The van der Waals surface area contributed by atoms with Crippen LogP contribution in [0.25, 0.3) is 0 Å². The van der Waals surface area contributed by atoms with Crippen molar-refractivity contribution in [1.82, 2.24) is 10.6 Å². The number of para-hydroxylation sites is 1. The molecule has 3 rings (SSSR count). The molecule has 1 aromatic rings. The molecular formula is C19H28N2O2. The molecule has 1 aromatic carbocycles. The summed E-state index contributed by atoms with van der Waals surface area (Å²) < 4.78 is 5.75. The Bertz CT molecular complexity index is 512. The van der Waals surface area contributed by atoms with Gasteiger partial charge in [-0.15, -0.1) is 0 Å². The van der Waals surface area contributed by atoms with E-state index in [2.05, 4.69) is 16.7 Å². The van der Waals surface area contributed by atoms with Gasteiger partial charge in [0.15, 0.2) is 0 Å². The number of benzene rings is 1. The molecule has 2 amide bonds. The number of amides is 2. The van der Waals surface area contributed by atoms with Crippen LogP contribution >= 0.6 is 0 Å². The van der Waals surface area contributed by atoms with E-state index in [1.54, 1.807) is 0 Å². The van der Waals surface area contributed by atoms with Gasteiger partial charge in [-0.1, -0.05) is 43.9 Å². The molecule has 0 bridgehead atoms. The molecule has 23 heavy (non-hydrogen) atoms. The molecule has 4 heteroatoms. The number of carbonyl (C=O) groups excluding carboxylic acids is 1. The summed E-state index contributed by atoms with van der Waals surface area (Å²) in [5.74, 6) is 2.24. The van der Waals surface area contributed by atoms with Gasteiger partial charge in [-0.05, 0) is 36.8 Å². The van der Waals surface area contributed by atoms with Crippen molar-refractivity contribution in [3.63, 3.8) is 0 Å². The van der Waals surface area contributed by atoms with Crippen LogP contribution in [0.5, 0.6) is 5.75 Å². The molecule has 1 aliphatic heterocycles. The number of hydrogen-bond acceptors (Lipinski definition) is 2. The SMILES string of the molecule is O=C(NCCCC1CCCC1)NCC1COc2ccccc2C1. The molecule has 0 spiro atoms. The average molecular weight is 316 g/mol. The number of urea groups is 1. The van der Waals surface area contributed by atoms with Crippen LogP contribution in [0.2, 0.25) is 0 Å². The number of rotatable bonds is 6. The van der Waals surface area contributed by atoms with Crippen molar-refractivity contribution in [2.24, 2.45) is 11.8 Å². The van der Waals surface area contributed by atoms with Gasteiger partial charge >= 0.3 is 6.03 Å². The summed E-state index contributed by atoms with van der Waals surface area (Å²) in [5, 5.41) is 5.96. The fourth-order valence-electron chi connectivity index (χ4n) is 3.71. The van der Waals surface area contributed by atoms with E-state index in [4.69, 9.17) is 4.74 Å². The van der Waals surface area contributed by atoms with Crippen molar-refractivity contribution in [3.8, 4) is 5.75 Å². The molecule has 4 nitrogen and oxygen atoms in total. The van der Waals surface area contributed by atoms with Gasteiger partial charge in [0.05, 0.1) is 6.61 Å². The van der Waals surface area contributed by atoms with E-state index in [1.807, 2.05) is 18.2 Å². The summed E-state index contributed by atoms with van der Waals surface area (Å²) in [7, 11) is 0. The summed E-state index contributed by atoms with van der Waals surface area (Å²) in [6, 6.07) is 8.10. The third-order valence-corrected chi connectivity index (χ3v) is 5.06. The lowest BCUT2D eigenvalue weighted by atomic mass is 9.97. The zero-order valence-electron chi connectivity index (χ0n) is 13.9. The quantitative estimate of drug-likeness (QED) is 0.789. The Kier molecular flexibility index (Phi) is 5.78. The second kappa shape index (κ2) is 8.23. The van der Waals surface area contributed by atoms with Crippen molar-refractivity contribution in [3.05, 3.63) is 29.8 Å². The van der Waals surface area contributed by atoms with Gasteiger partial charge in [-0.3, -0.25) is 0 Å². The number of carbonyl (C=O) groups is 1. The van der Waals surface area contributed by atoms with Crippen LogP contribution in [0.3, 0.4) is 0 Å². The Hall–Kier alpha value is -1.71. The Balaban J connectivity index is 1.29. The molecule has 1 unspecified atom stereocenters.